The molecule has 1 aromatic heterocycles. The number of imide groups is 1. The lowest BCUT2D eigenvalue weighted by atomic mass is 9.89. The van der Waals surface area contributed by atoms with Gasteiger partial charge in [0.25, 0.3) is 5.91 Å². The van der Waals surface area contributed by atoms with E-state index in [2.05, 4.69) is 64.1 Å². The van der Waals surface area contributed by atoms with E-state index >= 15 is 0 Å². The first kappa shape index (κ1) is 27.0. The van der Waals surface area contributed by atoms with Gasteiger partial charge in [0.1, 0.15) is 6.04 Å². The minimum absolute atomic E-state index is 0.0148. The second-order valence-corrected chi connectivity index (χ2v) is 12.3. The first-order valence-electron chi connectivity index (χ1n) is 14.1. The molecule has 1 unspecified atom stereocenters. The number of nitrogens with one attached hydrogen (secondary N) is 1. The first-order chi connectivity index (χ1) is 19.5. The summed E-state index contributed by atoms with van der Waals surface area (Å²) in [6, 6.07) is 26.0. The summed E-state index contributed by atoms with van der Waals surface area (Å²) in [7, 11) is 0. The molecule has 4 aromatic rings. The third-order valence-corrected chi connectivity index (χ3v) is 9.71. The van der Waals surface area contributed by atoms with E-state index in [0.717, 1.165) is 55.4 Å². The molecule has 40 heavy (non-hydrogen) atoms. The molecule has 6 rings (SSSR count). The zero-order valence-corrected chi connectivity index (χ0v) is 24.0. The number of halogens is 1. The highest BCUT2D eigenvalue weighted by atomic mass is 35.5. The third-order valence-electron chi connectivity index (χ3n) is 8.47. The molecule has 3 aromatic carbocycles. The molecule has 2 fully saturated rings. The van der Waals surface area contributed by atoms with Crippen LogP contribution in [0.5, 0.6) is 0 Å². The van der Waals surface area contributed by atoms with Gasteiger partial charge in [0.05, 0.1) is 0 Å². The standard InChI is InChI=1S/C33H34ClN3O2S/c34-28-10-6-9-25(19-28)26(15-18-36-16-13-24(14-17-36)23-7-2-1-3-8-23)21-37-32(38)30(35-33(37)39)20-27-22-40-31-12-5-4-11-29(27)31/h1-12,19,22,24,26,30H,13-18,20-21H2,(H,35,39)/t26?,30-/m1/s1. The van der Waals surface area contributed by atoms with Gasteiger partial charge >= 0.3 is 6.03 Å². The van der Waals surface area contributed by atoms with Gasteiger partial charge in [0, 0.05) is 28.6 Å². The Morgan fingerprint density at radius 1 is 0.950 bits per heavy atom. The SMILES string of the molecule is O=C1N[C@H](Cc2csc3ccccc23)C(=O)N1CC(CCN1CCC(c2ccccc2)CC1)c1cccc(Cl)c1. The zero-order chi connectivity index (χ0) is 27.5. The van der Waals surface area contributed by atoms with Crippen LogP contribution in [0.3, 0.4) is 0 Å². The largest absolute Gasteiger partial charge is 0.325 e. The Morgan fingerprint density at radius 3 is 2.52 bits per heavy atom. The molecule has 2 aliphatic rings. The van der Waals surface area contributed by atoms with Crippen LogP contribution in [0.1, 0.15) is 47.8 Å². The number of urea groups is 1. The van der Waals surface area contributed by atoms with E-state index in [9.17, 15) is 9.59 Å². The maximum absolute atomic E-state index is 13.5. The van der Waals surface area contributed by atoms with Crippen molar-refractivity contribution in [2.24, 2.45) is 0 Å². The lowest BCUT2D eigenvalue weighted by Gasteiger charge is -2.33. The molecule has 1 N–H and O–H groups in total. The first-order valence-corrected chi connectivity index (χ1v) is 15.4. The minimum Gasteiger partial charge on any atom is -0.325 e. The van der Waals surface area contributed by atoms with Crippen molar-refractivity contribution in [2.45, 2.75) is 43.6 Å². The average molecular weight is 572 g/mol. The summed E-state index contributed by atoms with van der Waals surface area (Å²) in [6.07, 6.45) is 3.66. The van der Waals surface area contributed by atoms with Gasteiger partial charge in [-0.1, -0.05) is 72.3 Å². The van der Waals surface area contributed by atoms with Crippen LogP contribution in [0.25, 0.3) is 10.1 Å². The van der Waals surface area contributed by atoms with Gasteiger partial charge < -0.3 is 10.2 Å². The van der Waals surface area contributed by atoms with E-state index in [1.807, 2.05) is 30.3 Å². The summed E-state index contributed by atoms with van der Waals surface area (Å²) >= 11 is 8.04. The maximum atomic E-state index is 13.5. The molecule has 0 aliphatic carbocycles. The molecule has 0 spiro atoms. The monoisotopic (exact) mass is 571 g/mol. The highest BCUT2D eigenvalue weighted by Gasteiger charge is 2.39. The summed E-state index contributed by atoms with van der Waals surface area (Å²) in [4.78, 5) is 30.5. The van der Waals surface area contributed by atoms with Crippen molar-refractivity contribution in [3.05, 3.63) is 106 Å². The maximum Gasteiger partial charge on any atom is 0.324 e. The fourth-order valence-electron chi connectivity index (χ4n) is 6.20. The molecule has 0 saturated carbocycles. The zero-order valence-electron chi connectivity index (χ0n) is 22.5. The molecule has 2 atom stereocenters. The van der Waals surface area contributed by atoms with Gasteiger partial charge in [-0.25, -0.2) is 4.79 Å². The molecular formula is C33H34ClN3O2S. The van der Waals surface area contributed by atoms with Gasteiger partial charge in [-0.05, 0) is 90.5 Å². The van der Waals surface area contributed by atoms with E-state index in [1.165, 1.54) is 15.2 Å². The van der Waals surface area contributed by atoms with Crippen molar-refractivity contribution in [1.29, 1.82) is 0 Å². The van der Waals surface area contributed by atoms with E-state index in [0.29, 0.717) is 23.9 Å². The Kier molecular flexibility index (Phi) is 8.19. The van der Waals surface area contributed by atoms with Crippen LogP contribution >= 0.6 is 22.9 Å². The van der Waals surface area contributed by atoms with Crippen molar-refractivity contribution in [1.82, 2.24) is 15.1 Å². The Morgan fingerprint density at radius 2 is 1.73 bits per heavy atom. The van der Waals surface area contributed by atoms with E-state index in [1.54, 1.807) is 11.3 Å². The number of carbonyl (C=O) groups is 2. The number of benzene rings is 3. The predicted octanol–water partition coefficient (Wildman–Crippen LogP) is 7.07. The van der Waals surface area contributed by atoms with Gasteiger partial charge in [0.15, 0.2) is 0 Å². The second-order valence-electron chi connectivity index (χ2n) is 11.0. The number of amides is 3. The Labute approximate surface area is 244 Å². The Hall–Kier alpha value is -3.19. The van der Waals surface area contributed by atoms with Gasteiger partial charge in [-0.2, -0.15) is 0 Å². The molecule has 3 heterocycles. The molecule has 7 heteroatoms. The highest BCUT2D eigenvalue weighted by Crippen LogP contribution is 2.31. The molecule has 206 valence electrons. The number of piperidine rings is 1. The predicted molar refractivity (Wildman–Crippen MR) is 163 cm³/mol. The fraction of sp³-hybridized carbons (Fsp3) is 0.333. The van der Waals surface area contributed by atoms with Gasteiger partial charge in [0.2, 0.25) is 0 Å². The van der Waals surface area contributed by atoms with Crippen molar-refractivity contribution in [3.8, 4) is 0 Å². The molecule has 0 radical (unpaired) electrons. The number of fused-ring (bicyclic) bond motifs is 1. The van der Waals surface area contributed by atoms with Crippen LogP contribution in [-0.2, 0) is 11.2 Å². The van der Waals surface area contributed by atoms with Crippen molar-refractivity contribution in [2.75, 3.05) is 26.2 Å². The molecule has 5 nitrogen and oxygen atoms in total. The summed E-state index contributed by atoms with van der Waals surface area (Å²) < 4.78 is 1.19. The average Bonchev–Trinajstić information content (AvgIpc) is 3.51. The quantitative estimate of drug-likeness (QED) is 0.219. The van der Waals surface area contributed by atoms with Crippen LogP contribution < -0.4 is 5.32 Å². The van der Waals surface area contributed by atoms with Crippen LogP contribution in [0.2, 0.25) is 5.02 Å². The normalized spacial score (nSPS) is 19.3. The minimum atomic E-state index is -0.539. The number of hydrogen-bond acceptors (Lipinski definition) is 4. The summed E-state index contributed by atoms with van der Waals surface area (Å²) in [5.74, 6) is 0.487. The van der Waals surface area contributed by atoms with E-state index in [4.69, 9.17) is 11.6 Å². The molecule has 3 amide bonds. The number of hydrogen-bond donors (Lipinski definition) is 1. The Balaban J connectivity index is 1.12. The lowest BCUT2D eigenvalue weighted by Crippen LogP contribution is -2.38. The molecule has 2 saturated heterocycles. The lowest BCUT2D eigenvalue weighted by molar-refractivity contribution is -0.127. The van der Waals surface area contributed by atoms with E-state index in [-0.39, 0.29) is 17.9 Å². The summed E-state index contributed by atoms with van der Waals surface area (Å²) in [5.41, 5.74) is 3.61. The van der Waals surface area contributed by atoms with Crippen molar-refractivity contribution < 1.29 is 9.59 Å². The Bertz CT molecular complexity index is 1480. The van der Waals surface area contributed by atoms with Gasteiger partial charge in [-0.3, -0.25) is 9.69 Å². The van der Waals surface area contributed by atoms with Gasteiger partial charge in [-0.15, -0.1) is 11.3 Å². The number of carbonyl (C=O) groups excluding carboxylic acids is 2. The topological polar surface area (TPSA) is 52.7 Å². The number of nitrogens with zero attached hydrogens (tertiary/aromatic N) is 2. The molecular weight excluding hydrogens is 538 g/mol. The summed E-state index contributed by atoms with van der Waals surface area (Å²) in [6.45, 7) is 3.39. The van der Waals surface area contributed by atoms with Crippen LogP contribution in [0.15, 0.2) is 84.2 Å². The summed E-state index contributed by atoms with van der Waals surface area (Å²) in [5, 5.41) is 6.88. The number of likely N-dealkylation sites (tertiary alicyclic amines) is 1. The fourth-order valence-corrected chi connectivity index (χ4v) is 7.37. The van der Waals surface area contributed by atoms with Crippen molar-refractivity contribution in [3.63, 3.8) is 0 Å². The van der Waals surface area contributed by atoms with E-state index < -0.39 is 6.04 Å². The smallest absolute Gasteiger partial charge is 0.324 e. The second kappa shape index (κ2) is 12.1. The molecule has 0 bridgehead atoms. The van der Waals surface area contributed by atoms with Crippen LogP contribution in [0, 0.1) is 0 Å². The number of rotatable bonds is 9. The highest BCUT2D eigenvalue weighted by molar-refractivity contribution is 7.17. The third kappa shape index (κ3) is 5.95. The van der Waals surface area contributed by atoms with Crippen molar-refractivity contribution >= 4 is 45.0 Å². The number of thiophene rings is 1. The molecule has 2 aliphatic heterocycles. The van der Waals surface area contributed by atoms with Crippen LogP contribution in [0.4, 0.5) is 4.79 Å². The van der Waals surface area contributed by atoms with Crippen LogP contribution in [-0.4, -0.2) is 54.0 Å².